The van der Waals surface area contributed by atoms with Gasteiger partial charge in [0.15, 0.2) is 11.5 Å². The monoisotopic (exact) mass is 339 g/mol. The highest BCUT2D eigenvalue weighted by molar-refractivity contribution is 7.95. The molecule has 2 aromatic rings. The Bertz CT molecular complexity index is 786. The second-order valence-electron chi connectivity index (χ2n) is 4.39. The fraction of sp³-hybridized carbons (Fsp3) is 0.0667. The molecule has 7 heteroatoms. The number of halogens is 1. The molecular formula is C15H14ClNO4S. The van der Waals surface area contributed by atoms with Crippen molar-refractivity contribution in [3.8, 4) is 11.5 Å². The SMILES string of the molecule is COc1ccc(NS(=O)(=O)/C=C/c2ccc(Cl)cc2)cc1O. The van der Waals surface area contributed by atoms with E-state index in [0.717, 1.165) is 5.41 Å². The van der Waals surface area contributed by atoms with Crippen molar-refractivity contribution in [2.45, 2.75) is 0 Å². The molecule has 22 heavy (non-hydrogen) atoms. The number of hydrogen-bond acceptors (Lipinski definition) is 4. The zero-order valence-electron chi connectivity index (χ0n) is 11.7. The van der Waals surface area contributed by atoms with Crippen LogP contribution in [-0.4, -0.2) is 20.6 Å². The number of phenols is 1. The molecule has 0 spiro atoms. The van der Waals surface area contributed by atoms with Crippen LogP contribution in [0, 0.1) is 0 Å². The van der Waals surface area contributed by atoms with Crippen LogP contribution in [0.1, 0.15) is 5.56 Å². The van der Waals surface area contributed by atoms with E-state index in [2.05, 4.69) is 4.72 Å². The van der Waals surface area contributed by atoms with E-state index in [1.165, 1.54) is 31.4 Å². The van der Waals surface area contributed by atoms with Crippen molar-refractivity contribution in [2.75, 3.05) is 11.8 Å². The van der Waals surface area contributed by atoms with Crippen molar-refractivity contribution in [1.82, 2.24) is 0 Å². The van der Waals surface area contributed by atoms with Crippen LogP contribution in [0.15, 0.2) is 47.9 Å². The fourth-order valence-corrected chi connectivity index (χ4v) is 2.68. The van der Waals surface area contributed by atoms with Crippen LogP contribution in [0.4, 0.5) is 5.69 Å². The molecule has 0 saturated heterocycles. The first-order valence-electron chi connectivity index (χ1n) is 6.23. The van der Waals surface area contributed by atoms with Gasteiger partial charge in [-0.15, -0.1) is 0 Å². The summed E-state index contributed by atoms with van der Waals surface area (Å²) in [4.78, 5) is 0. The summed E-state index contributed by atoms with van der Waals surface area (Å²) >= 11 is 5.76. The average molecular weight is 340 g/mol. The van der Waals surface area contributed by atoms with Gasteiger partial charge in [0.25, 0.3) is 10.0 Å². The number of methoxy groups -OCH3 is 1. The van der Waals surface area contributed by atoms with E-state index in [1.807, 2.05) is 0 Å². The Kier molecular flexibility index (Phi) is 4.95. The number of benzene rings is 2. The summed E-state index contributed by atoms with van der Waals surface area (Å²) in [5.41, 5.74) is 0.936. The lowest BCUT2D eigenvalue weighted by atomic mass is 10.2. The summed E-state index contributed by atoms with van der Waals surface area (Å²) in [6.45, 7) is 0. The van der Waals surface area contributed by atoms with Gasteiger partial charge in [-0.05, 0) is 35.9 Å². The number of phenolic OH excluding ortho intramolecular Hbond substituents is 1. The van der Waals surface area contributed by atoms with Gasteiger partial charge in [0.05, 0.1) is 18.2 Å². The molecule has 2 aromatic carbocycles. The molecule has 0 aliphatic carbocycles. The Labute approximate surface area is 133 Å². The lowest BCUT2D eigenvalue weighted by Crippen LogP contribution is -2.08. The van der Waals surface area contributed by atoms with E-state index >= 15 is 0 Å². The molecule has 0 saturated carbocycles. The summed E-state index contributed by atoms with van der Waals surface area (Å²) in [5.74, 6) is 0.115. The van der Waals surface area contributed by atoms with Gasteiger partial charge in [0.2, 0.25) is 0 Å². The summed E-state index contributed by atoms with van der Waals surface area (Å²) in [7, 11) is -2.28. The summed E-state index contributed by atoms with van der Waals surface area (Å²) in [6, 6.07) is 11.0. The molecular weight excluding hydrogens is 326 g/mol. The summed E-state index contributed by atoms with van der Waals surface area (Å²) in [5, 5.41) is 11.2. The third-order valence-electron chi connectivity index (χ3n) is 2.75. The number of anilines is 1. The van der Waals surface area contributed by atoms with Gasteiger partial charge >= 0.3 is 0 Å². The van der Waals surface area contributed by atoms with E-state index in [9.17, 15) is 13.5 Å². The molecule has 0 radical (unpaired) electrons. The van der Waals surface area contributed by atoms with Gasteiger partial charge in [0.1, 0.15) is 0 Å². The van der Waals surface area contributed by atoms with E-state index < -0.39 is 10.0 Å². The molecule has 0 fully saturated rings. The molecule has 5 nitrogen and oxygen atoms in total. The zero-order valence-corrected chi connectivity index (χ0v) is 13.2. The Morgan fingerprint density at radius 2 is 1.86 bits per heavy atom. The van der Waals surface area contributed by atoms with Crippen LogP contribution in [-0.2, 0) is 10.0 Å². The smallest absolute Gasteiger partial charge is 0.255 e. The van der Waals surface area contributed by atoms with Gasteiger partial charge in [-0.2, -0.15) is 0 Å². The van der Waals surface area contributed by atoms with Crippen LogP contribution < -0.4 is 9.46 Å². The van der Waals surface area contributed by atoms with Crippen molar-refractivity contribution in [2.24, 2.45) is 0 Å². The maximum Gasteiger partial charge on any atom is 0.255 e. The highest BCUT2D eigenvalue weighted by Crippen LogP contribution is 2.29. The van der Waals surface area contributed by atoms with Crippen LogP contribution in [0.2, 0.25) is 5.02 Å². The van der Waals surface area contributed by atoms with Gasteiger partial charge in [-0.3, -0.25) is 4.72 Å². The van der Waals surface area contributed by atoms with Crippen LogP contribution >= 0.6 is 11.6 Å². The maximum absolute atomic E-state index is 12.0. The standard InChI is InChI=1S/C15H14ClNO4S/c1-21-15-7-6-13(10-14(15)18)17-22(19,20)9-8-11-2-4-12(16)5-3-11/h2-10,17-18H,1H3/b9-8+. The molecule has 2 N–H and O–H groups in total. The average Bonchev–Trinajstić information content (AvgIpc) is 2.46. The number of hydrogen-bond donors (Lipinski definition) is 2. The number of ether oxygens (including phenoxy) is 1. The highest BCUT2D eigenvalue weighted by Gasteiger charge is 2.08. The lowest BCUT2D eigenvalue weighted by Gasteiger charge is -2.07. The quantitative estimate of drug-likeness (QED) is 0.874. The molecule has 2 rings (SSSR count). The predicted octanol–water partition coefficient (Wildman–Crippen LogP) is 3.47. The second-order valence-corrected chi connectivity index (χ2v) is 6.39. The first-order chi connectivity index (χ1) is 10.4. The second kappa shape index (κ2) is 6.72. The van der Waals surface area contributed by atoms with Gasteiger partial charge in [-0.1, -0.05) is 23.7 Å². The van der Waals surface area contributed by atoms with E-state index in [1.54, 1.807) is 24.3 Å². The molecule has 0 aliphatic heterocycles. The number of aromatic hydroxyl groups is 1. The van der Waals surface area contributed by atoms with Crippen LogP contribution in [0.25, 0.3) is 6.08 Å². The number of sulfonamides is 1. The van der Waals surface area contributed by atoms with Crippen molar-refractivity contribution in [3.63, 3.8) is 0 Å². The van der Waals surface area contributed by atoms with Gasteiger partial charge in [-0.25, -0.2) is 8.42 Å². The van der Waals surface area contributed by atoms with Crippen LogP contribution in [0.5, 0.6) is 11.5 Å². The minimum Gasteiger partial charge on any atom is -0.504 e. The van der Waals surface area contributed by atoms with Crippen molar-refractivity contribution in [3.05, 3.63) is 58.5 Å². The zero-order chi connectivity index (χ0) is 16.2. The molecule has 0 amide bonds. The normalized spacial score (nSPS) is 11.5. The van der Waals surface area contributed by atoms with Crippen molar-refractivity contribution in [1.29, 1.82) is 0 Å². The molecule has 116 valence electrons. The third kappa shape index (κ3) is 4.41. The molecule has 0 bridgehead atoms. The van der Waals surface area contributed by atoms with Crippen LogP contribution in [0.3, 0.4) is 0 Å². The molecule has 0 atom stereocenters. The Hall–Kier alpha value is -2.18. The maximum atomic E-state index is 12.0. The molecule has 0 heterocycles. The Morgan fingerprint density at radius 3 is 2.45 bits per heavy atom. The molecule has 0 aromatic heterocycles. The van der Waals surface area contributed by atoms with E-state index in [-0.39, 0.29) is 17.2 Å². The van der Waals surface area contributed by atoms with Gasteiger partial charge < -0.3 is 9.84 Å². The fourth-order valence-electron chi connectivity index (χ4n) is 1.69. The predicted molar refractivity (Wildman–Crippen MR) is 87.7 cm³/mol. The minimum absolute atomic E-state index is 0.149. The minimum atomic E-state index is -3.69. The summed E-state index contributed by atoms with van der Waals surface area (Å²) in [6.07, 6.45) is 1.45. The first-order valence-corrected chi connectivity index (χ1v) is 8.15. The number of rotatable bonds is 5. The molecule has 0 aliphatic rings. The van der Waals surface area contributed by atoms with Crippen molar-refractivity contribution < 1.29 is 18.3 Å². The summed E-state index contributed by atoms with van der Waals surface area (Å²) < 4.78 is 31.2. The lowest BCUT2D eigenvalue weighted by molar-refractivity contribution is 0.373. The van der Waals surface area contributed by atoms with E-state index in [4.69, 9.17) is 16.3 Å². The Balaban J connectivity index is 2.14. The third-order valence-corrected chi connectivity index (χ3v) is 4.02. The largest absolute Gasteiger partial charge is 0.504 e. The topological polar surface area (TPSA) is 75.6 Å². The Morgan fingerprint density at radius 1 is 1.18 bits per heavy atom. The molecule has 0 unspecified atom stereocenters. The highest BCUT2D eigenvalue weighted by atomic mass is 35.5. The van der Waals surface area contributed by atoms with E-state index in [0.29, 0.717) is 10.6 Å². The first kappa shape index (κ1) is 16.2. The number of nitrogens with one attached hydrogen (secondary N) is 1. The van der Waals surface area contributed by atoms with Crippen molar-refractivity contribution >= 4 is 33.4 Å². The van der Waals surface area contributed by atoms with Gasteiger partial charge in [0, 0.05) is 11.1 Å².